The molecule has 2 aromatic rings. The first-order valence-corrected chi connectivity index (χ1v) is 11.4. The van der Waals surface area contributed by atoms with Gasteiger partial charge in [0.25, 0.3) is 5.91 Å². The molecule has 1 fully saturated rings. The molecule has 0 radical (unpaired) electrons. The summed E-state index contributed by atoms with van der Waals surface area (Å²) in [6.45, 7) is 1.16. The quantitative estimate of drug-likeness (QED) is 0.572. The van der Waals surface area contributed by atoms with Gasteiger partial charge in [0, 0.05) is 31.4 Å². The molecule has 9 nitrogen and oxygen atoms in total. The van der Waals surface area contributed by atoms with Gasteiger partial charge in [-0.1, -0.05) is 17.7 Å². The van der Waals surface area contributed by atoms with Gasteiger partial charge in [-0.25, -0.2) is 8.42 Å². The highest BCUT2D eigenvalue weighted by Gasteiger charge is 2.26. The number of sulfonamides is 1. The van der Waals surface area contributed by atoms with Crippen LogP contribution in [0.5, 0.6) is 0 Å². The molecule has 1 heterocycles. The lowest BCUT2D eigenvalue weighted by Gasteiger charge is -2.26. The Morgan fingerprint density at radius 2 is 1.87 bits per heavy atom. The van der Waals surface area contributed by atoms with E-state index in [0.29, 0.717) is 48.3 Å². The third-order valence-corrected chi connectivity index (χ3v) is 6.84. The number of morpholine rings is 1. The lowest BCUT2D eigenvalue weighted by atomic mass is 10.2. The number of carbonyl (C=O) groups is 2. The Morgan fingerprint density at radius 3 is 2.58 bits per heavy atom. The van der Waals surface area contributed by atoms with Crippen LogP contribution < -0.4 is 16.0 Å². The molecule has 0 aliphatic carbocycles. The van der Waals surface area contributed by atoms with Gasteiger partial charge in [0.1, 0.15) is 0 Å². The maximum atomic E-state index is 12.8. The van der Waals surface area contributed by atoms with Gasteiger partial charge < -0.3 is 20.7 Å². The van der Waals surface area contributed by atoms with Crippen molar-refractivity contribution in [3.63, 3.8) is 0 Å². The van der Waals surface area contributed by atoms with Gasteiger partial charge in [-0.2, -0.15) is 4.31 Å². The van der Waals surface area contributed by atoms with Crippen LogP contribution in [0.4, 0.5) is 11.4 Å². The molecule has 1 saturated heterocycles. The number of hydrogen-bond acceptors (Lipinski definition) is 6. The fourth-order valence-electron chi connectivity index (χ4n) is 3.00. The molecule has 11 heteroatoms. The van der Waals surface area contributed by atoms with E-state index in [-0.39, 0.29) is 17.3 Å². The number of anilines is 2. The van der Waals surface area contributed by atoms with Crippen molar-refractivity contribution in [3.8, 4) is 0 Å². The summed E-state index contributed by atoms with van der Waals surface area (Å²) in [6, 6.07) is 10.8. The van der Waals surface area contributed by atoms with E-state index in [2.05, 4.69) is 16.0 Å². The second-order valence-electron chi connectivity index (χ2n) is 6.72. The highest BCUT2D eigenvalue weighted by molar-refractivity contribution is 7.89. The molecule has 2 aromatic carbocycles. The molecular weight excluding hydrogens is 444 g/mol. The zero-order valence-corrected chi connectivity index (χ0v) is 18.4. The van der Waals surface area contributed by atoms with Crippen LogP contribution in [0.15, 0.2) is 47.4 Å². The minimum Gasteiger partial charge on any atom is -0.379 e. The van der Waals surface area contributed by atoms with Crippen LogP contribution in [-0.4, -0.2) is 64.4 Å². The lowest BCUT2D eigenvalue weighted by Crippen LogP contribution is -2.40. The maximum Gasteiger partial charge on any atom is 0.251 e. The summed E-state index contributed by atoms with van der Waals surface area (Å²) in [4.78, 5) is 24.2. The van der Waals surface area contributed by atoms with E-state index in [1.807, 2.05) is 0 Å². The number of carbonyl (C=O) groups excluding carboxylic acids is 2. The first-order valence-electron chi connectivity index (χ1n) is 9.54. The van der Waals surface area contributed by atoms with Gasteiger partial charge >= 0.3 is 0 Å². The second kappa shape index (κ2) is 10.1. The van der Waals surface area contributed by atoms with Crippen LogP contribution in [-0.2, 0) is 19.6 Å². The van der Waals surface area contributed by atoms with Crippen molar-refractivity contribution in [1.29, 1.82) is 0 Å². The van der Waals surface area contributed by atoms with Crippen molar-refractivity contribution in [2.24, 2.45) is 0 Å². The highest BCUT2D eigenvalue weighted by atomic mass is 35.5. The normalized spacial score (nSPS) is 14.6. The Bertz CT molecular complexity index is 1070. The Hall–Kier alpha value is -2.66. The molecule has 1 aliphatic heterocycles. The van der Waals surface area contributed by atoms with Crippen LogP contribution >= 0.6 is 11.6 Å². The van der Waals surface area contributed by atoms with Gasteiger partial charge in [-0.15, -0.1) is 0 Å². The topological polar surface area (TPSA) is 117 Å². The fraction of sp³-hybridized carbons (Fsp3) is 0.300. The monoisotopic (exact) mass is 466 g/mol. The summed E-state index contributed by atoms with van der Waals surface area (Å²) in [5.74, 6) is -0.676. The first kappa shape index (κ1) is 23.0. The molecule has 1 aliphatic rings. The van der Waals surface area contributed by atoms with E-state index in [4.69, 9.17) is 16.3 Å². The van der Waals surface area contributed by atoms with Crippen molar-refractivity contribution in [2.45, 2.75) is 4.90 Å². The van der Waals surface area contributed by atoms with Crippen molar-refractivity contribution in [3.05, 3.63) is 53.1 Å². The molecule has 3 N–H and O–H groups in total. The summed E-state index contributed by atoms with van der Waals surface area (Å²) in [5, 5.41) is 8.43. The molecule has 0 unspecified atom stereocenters. The van der Waals surface area contributed by atoms with Crippen LogP contribution in [0.2, 0.25) is 5.02 Å². The number of rotatable bonds is 7. The first-order chi connectivity index (χ1) is 14.8. The Morgan fingerprint density at radius 1 is 1.13 bits per heavy atom. The minimum atomic E-state index is -3.67. The van der Waals surface area contributed by atoms with Crippen LogP contribution in [0.3, 0.4) is 0 Å². The average Bonchev–Trinajstić information content (AvgIpc) is 2.78. The predicted octanol–water partition coefficient (Wildman–Crippen LogP) is 1.77. The summed E-state index contributed by atoms with van der Waals surface area (Å²) in [6.07, 6.45) is 0. The highest BCUT2D eigenvalue weighted by Crippen LogP contribution is 2.23. The van der Waals surface area contributed by atoms with Gasteiger partial charge in [-0.05, 0) is 36.4 Å². The summed E-state index contributed by atoms with van der Waals surface area (Å²) < 4.78 is 32.1. The summed E-state index contributed by atoms with van der Waals surface area (Å²) >= 11 is 6.13. The van der Waals surface area contributed by atoms with E-state index in [1.165, 1.54) is 23.5 Å². The number of halogens is 1. The smallest absolute Gasteiger partial charge is 0.251 e. The van der Waals surface area contributed by atoms with Crippen molar-refractivity contribution >= 4 is 44.8 Å². The zero-order chi connectivity index (χ0) is 22.4. The number of hydrogen-bond donors (Lipinski definition) is 3. The van der Waals surface area contributed by atoms with Gasteiger partial charge in [-0.3, -0.25) is 9.59 Å². The largest absolute Gasteiger partial charge is 0.379 e. The molecule has 0 saturated carbocycles. The summed E-state index contributed by atoms with van der Waals surface area (Å²) in [5.41, 5.74) is 1.18. The fourth-order valence-corrected chi connectivity index (χ4v) is 4.64. The molecule has 0 atom stereocenters. The van der Waals surface area contributed by atoms with Crippen LogP contribution in [0.1, 0.15) is 10.4 Å². The molecule has 0 spiro atoms. The minimum absolute atomic E-state index is 0.0986. The van der Waals surface area contributed by atoms with Gasteiger partial charge in [0.15, 0.2) is 0 Å². The van der Waals surface area contributed by atoms with E-state index in [9.17, 15) is 18.0 Å². The van der Waals surface area contributed by atoms with E-state index < -0.39 is 15.9 Å². The van der Waals surface area contributed by atoms with E-state index in [0.717, 1.165) is 0 Å². The molecule has 166 valence electrons. The standard InChI is InChI=1S/C20H23ClN4O5S/c1-22-20(27)14-5-6-17(21)18(11-14)23-13-19(26)24-15-3-2-4-16(12-15)31(28,29)25-7-9-30-10-8-25/h2-6,11-12,23H,7-10,13H2,1H3,(H,22,27)(H,24,26). The maximum absolute atomic E-state index is 12.8. The van der Waals surface area contributed by atoms with Gasteiger partial charge in [0.05, 0.1) is 35.4 Å². The molecule has 0 aromatic heterocycles. The molecule has 0 bridgehead atoms. The second-order valence-corrected chi connectivity index (χ2v) is 9.06. The summed E-state index contributed by atoms with van der Waals surface area (Å²) in [7, 11) is -2.15. The zero-order valence-electron chi connectivity index (χ0n) is 16.9. The van der Waals surface area contributed by atoms with E-state index in [1.54, 1.807) is 30.3 Å². The SMILES string of the molecule is CNC(=O)c1ccc(Cl)c(NCC(=O)Nc2cccc(S(=O)(=O)N3CCOCC3)c2)c1. The van der Waals surface area contributed by atoms with Crippen LogP contribution in [0.25, 0.3) is 0 Å². The van der Waals surface area contributed by atoms with Crippen LogP contribution in [0, 0.1) is 0 Å². The number of amides is 2. The Balaban J connectivity index is 1.65. The molecular formula is C20H23ClN4O5S. The van der Waals surface area contributed by atoms with E-state index >= 15 is 0 Å². The number of nitrogens with one attached hydrogen (secondary N) is 3. The lowest BCUT2D eigenvalue weighted by molar-refractivity contribution is -0.114. The predicted molar refractivity (Wildman–Crippen MR) is 118 cm³/mol. The number of ether oxygens (including phenoxy) is 1. The van der Waals surface area contributed by atoms with Gasteiger partial charge in [0.2, 0.25) is 15.9 Å². The number of nitrogens with zero attached hydrogens (tertiary/aromatic N) is 1. The third-order valence-electron chi connectivity index (χ3n) is 4.62. The average molecular weight is 467 g/mol. The molecule has 2 amide bonds. The Kier molecular flexibility index (Phi) is 7.50. The van der Waals surface area contributed by atoms with Crippen molar-refractivity contribution in [2.75, 3.05) is 50.5 Å². The molecule has 31 heavy (non-hydrogen) atoms. The molecule has 3 rings (SSSR count). The van der Waals surface area contributed by atoms with Crippen molar-refractivity contribution < 1.29 is 22.7 Å². The Labute approximate surface area is 185 Å². The van der Waals surface area contributed by atoms with Crippen molar-refractivity contribution in [1.82, 2.24) is 9.62 Å². The third kappa shape index (κ3) is 5.73. The number of benzene rings is 2.